The molecule has 0 amide bonds. The van der Waals surface area contributed by atoms with Gasteiger partial charge in [-0.05, 0) is 37.3 Å². The highest BCUT2D eigenvalue weighted by Gasteiger charge is 2.11. The molecule has 0 atom stereocenters. The zero-order valence-corrected chi connectivity index (χ0v) is 9.91. The summed E-state index contributed by atoms with van der Waals surface area (Å²) in [5.74, 6) is -3.34. The maximum atomic E-state index is 13.6. The van der Waals surface area contributed by atoms with Crippen molar-refractivity contribution < 1.29 is 22.7 Å². The van der Waals surface area contributed by atoms with E-state index in [9.17, 15) is 18.0 Å². The molecule has 0 spiro atoms. The number of ketones is 1. The summed E-state index contributed by atoms with van der Waals surface area (Å²) < 4.78 is 44.9. The Morgan fingerprint density at radius 1 is 0.947 bits per heavy atom. The summed E-state index contributed by atoms with van der Waals surface area (Å²) in [6.07, 6.45) is 0. The van der Waals surface area contributed by atoms with Crippen LogP contribution >= 0.6 is 0 Å². The van der Waals surface area contributed by atoms with Gasteiger partial charge in [0.05, 0.1) is 0 Å². The van der Waals surface area contributed by atoms with Gasteiger partial charge in [-0.15, -0.1) is 0 Å². The van der Waals surface area contributed by atoms with Crippen molar-refractivity contribution in [2.45, 2.75) is 6.92 Å². The normalized spacial score (nSPS) is 10.3. The van der Waals surface area contributed by atoms with E-state index in [4.69, 9.17) is 4.74 Å². The second-order valence-corrected chi connectivity index (χ2v) is 3.88. The summed E-state index contributed by atoms with van der Waals surface area (Å²) in [5.41, 5.74) is 0.171. The number of carbonyl (C=O) groups excluding carboxylic acids is 1. The van der Waals surface area contributed by atoms with Gasteiger partial charge < -0.3 is 4.74 Å². The highest BCUT2D eigenvalue weighted by Crippen LogP contribution is 2.28. The van der Waals surface area contributed by atoms with Crippen LogP contribution in [0, 0.1) is 17.5 Å². The van der Waals surface area contributed by atoms with Gasteiger partial charge in [0.1, 0.15) is 5.82 Å². The maximum Gasteiger partial charge on any atom is 0.166 e. The number of carbonyl (C=O) groups is 1. The van der Waals surface area contributed by atoms with Crippen molar-refractivity contribution in [3.63, 3.8) is 0 Å². The van der Waals surface area contributed by atoms with Crippen LogP contribution in [0.3, 0.4) is 0 Å². The first-order valence-corrected chi connectivity index (χ1v) is 5.41. The van der Waals surface area contributed by atoms with E-state index >= 15 is 0 Å². The minimum absolute atomic E-state index is 0.171. The molecule has 0 aliphatic heterocycles. The summed E-state index contributed by atoms with van der Waals surface area (Å²) in [6.45, 7) is 1.29. The van der Waals surface area contributed by atoms with E-state index < -0.39 is 23.2 Å². The Morgan fingerprint density at radius 3 is 2.32 bits per heavy atom. The van der Waals surface area contributed by atoms with Gasteiger partial charge in [-0.1, -0.05) is 0 Å². The van der Waals surface area contributed by atoms with Crippen LogP contribution in [0.5, 0.6) is 11.5 Å². The van der Waals surface area contributed by atoms with Gasteiger partial charge in [0.15, 0.2) is 28.9 Å². The Hall–Kier alpha value is -2.30. The molecule has 5 heteroatoms. The van der Waals surface area contributed by atoms with Crippen molar-refractivity contribution in [2.75, 3.05) is 0 Å². The number of rotatable bonds is 3. The number of halogens is 3. The molecule has 0 N–H and O–H groups in total. The third-order valence-corrected chi connectivity index (χ3v) is 2.45. The fourth-order valence-electron chi connectivity index (χ4n) is 1.48. The van der Waals surface area contributed by atoms with E-state index in [2.05, 4.69) is 0 Å². The van der Waals surface area contributed by atoms with E-state index in [-0.39, 0.29) is 17.1 Å². The Kier molecular flexibility index (Phi) is 3.55. The van der Waals surface area contributed by atoms with Crippen molar-refractivity contribution in [2.24, 2.45) is 0 Å². The summed E-state index contributed by atoms with van der Waals surface area (Å²) in [4.78, 5) is 11.0. The molecule has 2 aromatic rings. The van der Waals surface area contributed by atoms with Crippen LogP contribution in [-0.4, -0.2) is 5.78 Å². The minimum atomic E-state index is -0.823. The van der Waals surface area contributed by atoms with Crippen molar-refractivity contribution >= 4 is 5.78 Å². The molecule has 2 nitrogen and oxygen atoms in total. The van der Waals surface area contributed by atoms with Gasteiger partial charge in [0, 0.05) is 11.6 Å². The lowest BCUT2D eigenvalue weighted by Crippen LogP contribution is -1.96. The third-order valence-electron chi connectivity index (χ3n) is 2.45. The Bertz CT molecular complexity index is 639. The van der Waals surface area contributed by atoms with Gasteiger partial charge in [-0.2, -0.15) is 0 Å². The molecular formula is C14H9F3O2. The van der Waals surface area contributed by atoms with E-state index in [1.54, 1.807) is 0 Å². The zero-order chi connectivity index (χ0) is 14.0. The zero-order valence-electron chi connectivity index (χ0n) is 9.91. The van der Waals surface area contributed by atoms with Crippen molar-refractivity contribution in [3.8, 4) is 11.5 Å². The van der Waals surface area contributed by atoms with Gasteiger partial charge >= 0.3 is 0 Å². The van der Waals surface area contributed by atoms with Gasteiger partial charge in [0.2, 0.25) is 0 Å². The minimum Gasteiger partial charge on any atom is -0.451 e. The Labute approximate surface area is 107 Å². The van der Waals surface area contributed by atoms with Crippen LogP contribution in [0.25, 0.3) is 0 Å². The molecule has 98 valence electrons. The molecule has 0 aromatic heterocycles. The molecule has 0 aliphatic carbocycles. The molecule has 19 heavy (non-hydrogen) atoms. The van der Waals surface area contributed by atoms with E-state index in [0.717, 1.165) is 24.3 Å². The lowest BCUT2D eigenvalue weighted by atomic mass is 10.1. The lowest BCUT2D eigenvalue weighted by molar-refractivity contribution is 0.101. The first-order chi connectivity index (χ1) is 8.97. The summed E-state index contributed by atoms with van der Waals surface area (Å²) in [5, 5.41) is 0. The van der Waals surface area contributed by atoms with Crippen molar-refractivity contribution in [1.82, 2.24) is 0 Å². The summed E-state index contributed by atoms with van der Waals surface area (Å²) in [7, 11) is 0. The average Bonchev–Trinajstić information content (AvgIpc) is 2.36. The highest BCUT2D eigenvalue weighted by atomic mass is 19.1. The van der Waals surface area contributed by atoms with E-state index in [1.165, 1.54) is 19.1 Å². The molecule has 2 rings (SSSR count). The number of Topliss-reactive ketones (excluding diaryl/α,β-unsaturated/α-hetero) is 1. The largest absolute Gasteiger partial charge is 0.451 e. The fraction of sp³-hybridized carbons (Fsp3) is 0.0714. The lowest BCUT2D eigenvalue weighted by Gasteiger charge is -2.08. The fourth-order valence-corrected chi connectivity index (χ4v) is 1.48. The highest BCUT2D eigenvalue weighted by molar-refractivity contribution is 5.94. The quantitative estimate of drug-likeness (QED) is 0.782. The molecule has 2 aromatic carbocycles. The monoisotopic (exact) mass is 266 g/mol. The van der Waals surface area contributed by atoms with Crippen LogP contribution in [0.1, 0.15) is 17.3 Å². The van der Waals surface area contributed by atoms with Gasteiger partial charge in [0.25, 0.3) is 0 Å². The Balaban J connectivity index is 2.33. The van der Waals surface area contributed by atoms with Gasteiger partial charge in [-0.25, -0.2) is 13.2 Å². The standard InChI is InChI=1S/C14H9F3O2/c1-8(18)9-2-5-13(12(17)6-9)19-14-7-10(15)3-4-11(14)16/h2-7H,1H3. The molecule has 0 radical (unpaired) electrons. The topological polar surface area (TPSA) is 26.3 Å². The molecule has 0 fully saturated rings. The molecule has 0 unspecified atom stereocenters. The third kappa shape index (κ3) is 2.93. The van der Waals surface area contributed by atoms with Crippen LogP contribution in [-0.2, 0) is 0 Å². The summed E-state index contributed by atoms with van der Waals surface area (Å²) in [6, 6.07) is 6.14. The predicted octanol–water partition coefficient (Wildman–Crippen LogP) is 4.10. The molecule has 0 aliphatic rings. The van der Waals surface area contributed by atoms with Crippen molar-refractivity contribution in [3.05, 3.63) is 59.4 Å². The first kappa shape index (κ1) is 13.1. The summed E-state index contributed by atoms with van der Waals surface area (Å²) >= 11 is 0. The molecule has 0 saturated heterocycles. The number of ether oxygens (including phenoxy) is 1. The molecule has 0 heterocycles. The van der Waals surface area contributed by atoms with E-state index in [0.29, 0.717) is 0 Å². The van der Waals surface area contributed by atoms with Crippen molar-refractivity contribution in [1.29, 1.82) is 0 Å². The molecule has 0 bridgehead atoms. The van der Waals surface area contributed by atoms with Crippen LogP contribution < -0.4 is 4.74 Å². The second-order valence-electron chi connectivity index (χ2n) is 3.88. The smallest absolute Gasteiger partial charge is 0.166 e. The van der Waals surface area contributed by atoms with E-state index in [1.807, 2.05) is 0 Å². The number of benzene rings is 2. The number of hydrogen-bond acceptors (Lipinski definition) is 2. The molecular weight excluding hydrogens is 257 g/mol. The average molecular weight is 266 g/mol. The van der Waals surface area contributed by atoms with Crippen LogP contribution in [0.15, 0.2) is 36.4 Å². The predicted molar refractivity (Wildman–Crippen MR) is 62.8 cm³/mol. The number of hydrogen-bond donors (Lipinski definition) is 0. The SMILES string of the molecule is CC(=O)c1ccc(Oc2cc(F)ccc2F)c(F)c1. The van der Waals surface area contributed by atoms with Crippen LogP contribution in [0.2, 0.25) is 0 Å². The van der Waals surface area contributed by atoms with Gasteiger partial charge in [-0.3, -0.25) is 4.79 Å². The Morgan fingerprint density at radius 2 is 1.68 bits per heavy atom. The second kappa shape index (κ2) is 5.14. The molecule has 0 saturated carbocycles. The maximum absolute atomic E-state index is 13.6. The first-order valence-electron chi connectivity index (χ1n) is 5.41. The van der Waals surface area contributed by atoms with Crippen LogP contribution in [0.4, 0.5) is 13.2 Å².